The van der Waals surface area contributed by atoms with Crippen LogP contribution in [0.2, 0.25) is 0 Å². The van der Waals surface area contributed by atoms with Gasteiger partial charge in [0.25, 0.3) is 5.91 Å². The second-order valence-corrected chi connectivity index (χ2v) is 6.34. The fourth-order valence-electron chi connectivity index (χ4n) is 3.36. The summed E-state index contributed by atoms with van der Waals surface area (Å²) in [5.74, 6) is -0.151. The summed E-state index contributed by atoms with van der Waals surface area (Å²) in [5, 5.41) is 5.40. The average Bonchev–Trinajstić information content (AvgIpc) is 2.42. The molecule has 0 spiro atoms. The molecule has 5 nitrogen and oxygen atoms in total. The fourth-order valence-corrected chi connectivity index (χ4v) is 3.36. The van der Waals surface area contributed by atoms with Crippen molar-refractivity contribution in [3.63, 3.8) is 0 Å². The van der Waals surface area contributed by atoms with E-state index < -0.39 is 0 Å². The highest BCUT2D eigenvalue weighted by Crippen LogP contribution is 2.17. The van der Waals surface area contributed by atoms with Gasteiger partial charge in [-0.15, -0.1) is 0 Å². The SMILES string of the molecule is C[C@H]1CCCC[NH+]1CC(=O)NC(=O)NC1CCCCC1. The largest absolute Gasteiger partial charge is 0.335 e. The number of quaternary nitrogens is 1. The van der Waals surface area contributed by atoms with Crippen molar-refractivity contribution >= 4 is 11.9 Å². The lowest BCUT2D eigenvalue weighted by Gasteiger charge is -2.29. The van der Waals surface area contributed by atoms with E-state index in [9.17, 15) is 9.59 Å². The van der Waals surface area contributed by atoms with Crippen molar-refractivity contribution in [2.45, 2.75) is 70.4 Å². The molecule has 1 saturated carbocycles. The molecule has 5 heteroatoms. The number of hydrogen-bond acceptors (Lipinski definition) is 2. The Morgan fingerprint density at radius 3 is 2.45 bits per heavy atom. The van der Waals surface area contributed by atoms with E-state index in [2.05, 4.69) is 17.6 Å². The molecule has 0 aromatic carbocycles. The van der Waals surface area contributed by atoms with Crippen LogP contribution in [0, 0.1) is 0 Å². The van der Waals surface area contributed by atoms with Gasteiger partial charge in [0.15, 0.2) is 6.54 Å². The highest BCUT2D eigenvalue weighted by Gasteiger charge is 2.25. The number of piperidine rings is 1. The molecule has 1 aliphatic carbocycles. The molecule has 3 amide bonds. The van der Waals surface area contributed by atoms with Gasteiger partial charge < -0.3 is 10.2 Å². The van der Waals surface area contributed by atoms with Crippen LogP contribution < -0.4 is 15.5 Å². The van der Waals surface area contributed by atoms with E-state index in [1.165, 1.54) is 43.4 Å². The number of carbonyl (C=O) groups excluding carboxylic acids is 2. The minimum Gasteiger partial charge on any atom is -0.335 e. The minimum absolute atomic E-state index is 0.151. The molecule has 1 heterocycles. The van der Waals surface area contributed by atoms with Crippen molar-refractivity contribution in [2.75, 3.05) is 13.1 Å². The lowest BCUT2D eigenvalue weighted by Crippen LogP contribution is -3.17. The van der Waals surface area contributed by atoms with E-state index in [0.29, 0.717) is 12.6 Å². The van der Waals surface area contributed by atoms with E-state index in [4.69, 9.17) is 0 Å². The minimum atomic E-state index is -0.314. The molecule has 2 fully saturated rings. The Balaban J connectivity index is 1.68. The van der Waals surface area contributed by atoms with Crippen LogP contribution in [-0.4, -0.2) is 37.1 Å². The molecule has 1 aliphatic heterocycles. The Morgan fingerprint density at radius 1 is 1.05 bits per heavy atom. The van der Waals surface area contributed by atoms with Crippen molar-refractivity contribution < 1.29 is 14.5 Å². The predicted octanol–water partition coefficient (Wildman–Crippen LogP) is 0.602. The third kappa shape index (κ3) is 4.78. The van der Waals surface area contributed by atoms with Crippen LogP contribution in [0.4, 0.5) is 4.79 Å². The Kier molecular flexibility index (Phi) is 5.83. The van der Waals surface area contributed by atoms with Crippen LogP contribution in [0.15, 0.2) is 0 Å². The van der Waals surface area contributed by atoms with Gasteiger partial charge in [0.2, 0.25) is 0 Å². The molecule has 2 rings (SSSR count). The van der Waals surface area contributed by atoms with Gasteiger partial charge in [0.1, 0.15) is 0 Å². The van der Waals surface area contributed by atoms with Crippen LogP contribution in [-0.2, 0) is 4.79 Å². The zero-order chi connectivity index (χ0) is 14.4. The highest BCUT2D eigenvalue weighted by atomic mass is 16.2. The Morgan fingerprint density at radius 2 is 1.75 bits per heavy atom. The lowest BCUT2D eigenvalue weighted by atomic mass is 9.96. The first-order valence-electron chi connectivity index (χ1n) is 8.10. The van der Waals surface area contributed by atoms with Gasteiger partial charge in [-0.2, -0.15) is 0 Å². The molecule has 114 valence electrons. The monoisotopic (exact) mass is 282 g/mol. The Hall–Kier alpha value is -1.10. The van der Waals surface area contributed by atoms with E-state index in [1.807, 2.05) is 0 Å². The van der Waals surface area contributed by atoms with Crippen LogP contribution >= 0.6 is 0 Å². The molecule has 0 aromatic rings. The summed E-state index contributed by atoms with van der Waals surface area (Å²) in [6.45, 7) is 3.64. The van der Waals surface area contributed by atoms with Crippen molar-refractivity contribution in [2.24, 2.45) is 0 Å². The summed E-state index contributed by atoms with van der Waals surface area (Å²) < 4.78 is 0. The van der Waals surface area contributed by atoms with Crippen molar-refractivity contribution in [3.05, 3.63) is 0 Å². The van der Waals surface area contributed by atoms with Gasteiger partial charge in [-0.25, -0.2) is 4.79 Å². The van der Waals surface area contributed by atoms with Crippen molar-refractivity contribution in [1.82, 2.24) is 10.6 Å². The smallest absolute Gasteiger partial charge is 0.321 e. The molecule has 1 unspecified atom stereocenters. The van der Waals surface area contributed by atoms with Gasteiger partial charge in [0.05, 0.1) is 12.6 Å². The van der Waals surface area contributed by atoms with Crippen LogP contribution in [0.3, 0.4) is 0 Å². The molecule has 2 aliphatic rings. The number of rotatable bonds is 3. The average molecular weight is 282 g/mol. The number of hydrogen-bond donors (Lipinski definition) is 3. The molecule has 0 aromatic heterocycles. The molecule has 3 N–H and O–H groups in total. The van der Waals surface area contributed by atoms with Crippen molar-refractivity contribution in [1.29, 1.82) is 0 Å². The molecular weight excluding hydrogens is 254 g/mol. The van der Waals surface area contributed by atoms with E-state index in [1.54, 1.807) is 0 Å². The van der Waals surface area contributed by atoms with Gasteiger partial charge in [-0.1, -0.05) is 19.3 Å². The zero-order valence-corrected chi connectivity index (χ0v) is 12.5. The fraction of sp³-hybridized carbons (Fsp3) is 0.867. The predicted molar refractivity (Wildman–Crippen MR) is 77.6 cm³/mol. The topological polar surface area (TPSA) is 62.6 Å². The van der Waals surface area contributed by atoms with Gasteiger partial charge >= 0.3 is 6.03 Å². The number of urea groups is 1. The molecule has 0 bridgehead atoms. The lowest BCUT2D eigenvalue weighted by molar-refractivity contribution is -0.920. The normalized spacial score (nSPS) is 27.9. The van der Waals surface area contributed by atoms with E-state index in [0.717, 1.165) is 19.4 Å². The van der Waals surface area contributed by atoms with Crippen LogP contribution in [0.25, 0.3) is 0 Å². The summed E-state index contributed by atoms with van der Waals surface area (Å²) in [5.41, 5.74) is 0. The van der Waals surface area contributed by atoms with Crippen molar-refractivity contribution in [3.8, 4) is 0 Å². The summed E-state index contributed by atoms with van der Waals surface area (Å²) >= 11 is 0. The first-order chi connectivity index (χ1) is 9.65. The first kappa shape index (κ1) is 15.3. The Labute approximate surface area is 121 Å². The highest BCUT2D eigenvalue weighted by molar-refractivity contribution is 5.94. The number of amides is 3. The van der Waals surface area contributed by atoms with E-state index >= 15 is 0 Å². The standard InChI is InChI=1S/C15H27N3O2/c1-12-7-5-6-10-18(12)11-14(19)17-15(20)16-13-8-3-2-4-9-13/h12-13H,2-11H2,1H3,(H2,16,17,19,20)/p+1/t12-/m0/s1. The molecule has 0 radical (unpaired) electrons. The third-order valence-electron chi connectivity index (χ3n) is 4.66. The molecular formula is C15H28N3O2+. The van der Waals surface area contributed by atoms with Crippen LogP contribution in [0.1, 0.15) is 58.3 Å². The maximum absolute atomic E-state index is 11.9. The second-order valence-electron chi connectivity index (χ2n) is 6.34. The van der Waals surface area contributed by atoms with Crippen LogP contribution in [0.5, 0.6) is 0 Å². The summed E-state index contributed by atoms with van der Waals surface area (Å²) in [6, 6.07) is 0.458. The number of nitrogens with one attached hydrogen (secondary N) is 3. The third-order valence-corrected chi connectivity index (χ3v) is 4.66. The van der Waals surface area contributed by atoms with E-state index in [-0.39, 0.29) is 18.0 Å². The van der Waals surface area contributed by atoms with Gasteiger partial charge in [-0.3, -0.25) is 10.1 Å². The maximum Gasteiger partial charge on any atom is 0.321 e. The quantitative estimate of drug-likeness (QED) is 0.710. The van der Waals surface area contributed by atoms with Gasteiger partial charge in [-0.05, 0) is 39.0 Å². The number of likely N-dealkylation sites (tertiary alicyclic amines) is 1. The first-order valence-corrected chi connectivity index (χ1v) is 8.10. The number of imide groups is 1. The molecule has 1 saturated heterocycles. The summed E-state index contributed by atoms with van der Waals surface area (Å²) in [7, 11) is 0. The number of carbonyl (C=O) groups is 2. The molecule has 20 heavy (non-hydrogen) atoms. The Bertz CT molecular complexity index is 340. The summed E-state index contributed by atoms with van der Waals surface area (Å²) in [6.07, 6.45) is 9.30. The van der Waals surface area contributed by atoms with Gasteiger partial charge in [0, 0.05) is 6.04 Å². The summed E-state index contributed by atoms with van der Waals surface area (Å²) in [4.78, 5) is 25.0. The second kappa shape index (κ2) is 7.62. The zero-order valence-electron chi connectivity index (χ0n) is 12.5. The molecule has 2 atom stereocenters. The maximum atomic E-state index is 11.9.